The summed E-state index contributed by atoms with van der Waals surface area (Å²) in [4.78, 5) is 16.4. The van der Waals surface area contributed by atoms with Crippen LogP contribution in [0.15, 0.2) is 55.0 Å². The Bertz CT molecular complexity index is 1030. The van der Waals surface area contributed by atoms with Gasteiger partial charge < -0.3 is 15.2 Å². The predicted octanol–water partition coefficient (Wildman–Crippen LogP) is 2.14. The summed E-state index contributed by atoms with van der Waals surface area (Å²) in [5.74, 6) is -0.454. The van der Waals surface area contributed by atoms with Gasteiger partial charge in [-0.15, -0.1) is 5.10 Å². The molecule has 0 saturated carbocycles. The van der Waals surface area contributed by atoms with E-state index < -0.39 is 6.10 Å². The molecule has 1 amide bonds. The molecule has 3 atom stereocenters. The molecule has 0 spiro atoms. The van der Waals surface area contributed by atoms with E-state index in [1.807, 2.05) is 6.07 Å². The van der Waals surface area contributed by atoms with E-state index in [1.165, 1.54) is 6.07 Å². The number of aliphatic hydroxyl groups is 1. The number of aryl methyl sites for hydroxylation is 1. The molecule has 1 aromatic carbocycles. The number of benzene rings is 1. The first-order chi connectivity index (χ1) is 15.6. The van der Waals surface area contributed by atoms with Crippen LogP contribution in [0.4, 0.5) is 4.39 Å². The highest BCUT2D eigenvalue weighted by Gasteiger charge is 2.31. The lowest BCUT2D eigenvalue weighted by atomic mass is 9.97. The molecule has 1 fully saturated rings. The lowest BCUT2D eigenvalue weighted by Gasteiger charge is -2.36. The Morgan fingerprint density at radius 2 is 2.12 bits per heavy atom. The van der Waals surface area contributed by atoms with Gasteiger partial charge in [0.15, 0.2) is 0 Å². The Morgan fingerprint density at radius 1 is 1.25 bits per heavy atom. The van der Waals surface area contributed by atoms with Gasteiger partial charge in [-0.3, -0.25) is 14.5 Å². The van der Waals surface area contributed by atoms with E-state index in [-0.39, 0.29) is 36.9 Å². The van der Waals surface area contributed by atoms with Gasteiger partial charge >= 0.3 is 0 Å². The van der Waals surface area contributed by atoms with Gasteiger partial charge in [-0.2, -0.15) is 0 Å². The van der Waals surface area contributed by atoms with Crippen LogP contribution in [-0.4, -0.2) is 55.8 Å². The molecular formula is C23H26FN5O3. The molecule has 0 aliphatic carbocycles. The lowest BCUT2D eigenvalue weighted by Crippen LogP contribution is -2.51. The maximum absolute atomic E-state index is 13.9. The molecule has 0 bridgehead atoms. The van der Waals surface area contributed by atoms with Gasteiger partial charge in [0.25, 0.3) is 0 Å². The molecule has 0 radical (unpaired) electrons. The molecule has 168 valence electrons. The molecule has 3 aromatic rings. The second-order valence-electron chi connectivity index (χ2n) is 7.90. The number of rotatable bonds is 8. The minimum atomic E-state index is -0.462. The Morgan fingerprint density at radius 3 is 2.91 bits per heavy atom. The van der Waals surface area contributed by atoms with Crippen molar-refractivity contribution in [3.63, 3.8) is 0 Å². The van der Waals surface area contributed by atoms with E-state index in [0.29, 0.717) is 30.6 Å². The molecule has 4 rings (SSSR count). The highest BCUT2D eigenvalue weighted by atomic mass is 19.1. The average molecular weight is 439 g/mol. The monoisotopic (exact) mass is 439 g/mol. The highest BCUT2D eigenvalue weighted by molar-refractivity contribution is 5.78. The van der Waals surface area contributed by atoms with E-state index in [0.717, 1.165) is 12.0 Å². The molecule has 3 heterocycles. The summed E-state index contributed by atoms with van der Waals surface area (Å²) in [7, 11) is 0. The molecule has 0 unspecified atom stereocenters. The number of carbonyl (C=O) groups excluding carboxylic acids is 1. The zero-order valence-electron chi connectivity index (χ0n) is 17.6. The third kappa shape index (κ3) is 5.54. The summed E-state index contributed by atoms with van der Waals surface area (Å²) >= 11 is 0. The number of hydrogen-bond donors (Lipinski definition) is 2. The summed E-state index contributed by atoms with van der Waals surface area (Å²) in [6, 6.07) is 9.87. The zero-order chi connectivity index (χ0) is 22.3. The lowest BCUT2D eigenvalue weighted by molar-refractivity contribution is -0.128. The van der Waals surface area contributed by atoms with Crippen LogP contribution in [0.2, 0.25) is 0 Å². The second kappa shape index (κ2) is 10.4. The number of aromatic nitrogens is 4. The van der Waals surface area contributed by atoms with Crippen molar-refractivity contribution in [1.82, 2.24) is 25.3 Å². The zero-order valence-corrected chi connectivity index (χ0v) is 17.6. The van der Waals surface area contributed by atoms with Gasteiger partial charge in [0.05, 0.1) is 31.4 Å². The number of halogens is 1. The highest BCUT2D eigenvalue weighted by Crippen LogP contribution is 2.23. The largest absolute Gasteiger partial charge is 0.394 e. The predicted molar refractivity (Wildman–Crippen MR) is 115 cm³/mol. The first kappa shape index (κ1) is 22.0. The van der Waals surface area contributed by atoms with Crippen molar-refractivity contribution in [3.8, 4) is 11.3 Å². The minimum Gasteiger partial charge on any atom is -0.394 e. The summed E-state index contributed by atoms with van der Waals surface area (Å²) in [5.41, 5.74) is 1.73. The molecule has 1 aliphatic heterocycles. The van der Waals surface area contributed by atoms with Crippen LogP contribution in [0.25, 0.3) is 11.3 Å². The number of ether oxygens (including phenoxy) is 1. The number of nitrogens with zero attached hydrogens (tertiary/aromatic N) is 4. The third-order valence-corrected chi connectivity index (χ3v) is 5.60. The van der Waals surface area contributed by atoms with E-state index in [1.54, 1.807) is 47.5 Å². The van der Waals surface area contributed by atoms with Crippen LogP contribution in [-0.2, 0) is 22.5 Å². The summed E-state index contributed by atoms with van der Waals surface area (Å²) in [5, 5.41) is 20.9. The van der Waals surface area contributed by atoms with Gasteiger partial charge in [-0.25, -0.2) is 4.39 Å². The quantitative estimate of drug-likeness (QED) is 0.558. The molecule has 9 heteroatoms. The van der Waals surface area contributed by atoms with Crippen LogP contribution in [0.5, 0.6) is 0 Å². The number of carbonyl (C=O) groups is 1. The normalized spacial score (nSPS) is 20.8. The van der Waals surface area contributed by atoms with Crippen molar-refractivity contribution in [1.29, 1.82) is 0 Å². The molecule has 8 nitrogen and oxygen atoms in total. The standard InChI is InChI=1S/C23H26FN5O3/c24-19-6-2-1-5-18(19)21-14-29(28-27-21)11-9-17-7-8-20(22(15-30)32-17)26-23(31)12-16-4-3-10-25-13-16/h1-6,10,13-14,17,20,22,30H,7-9,11-12,15H2,(H,26,31)/t17-,20+,22+/m1/s1. The fourth-order valence-corrected chi connectivity index (χ4v) is 3.93. The number of pyridine rings is 1. The van der Waals surface area contributed by atoms with E-state index in [2.05, 4.69) is 20.6 Å². The Kier molecular flexibility index (Phi) is 7.18. The van der Waals surface area contributed by atoms with Crippen LogP contribution in [0.1, 0.15) is 24.8 Å². The first-order valence-electron chi connectivity index (χ1n) is 10.7. The number of aliphatic hydroxyl groups excluding tert-OH is 1. The van der Waals surface area contributed by atoms with Crippen molar-refractivity contribution in [2.45, 2.75) is 50.5 Å². The minimum absolute atomic E-state index is 0.0697. The van der Waals surface area contributed by atoms with Crippen LogP contribution in [0, 0.1) is 5.82 Å². The third-order valence-electron chi connectivity index (χ3n) is 5.60. The van der Waals surface area contributed by atoms with Gasteiger partial charge in [-0.1, -0.05) is 23.4 Å². The van der Waals surface area contributed by atoms with E-state index >= 15 is 0 Å². The molecule has 1 aliphatic rings. The fraction of sp³-hybridized carbons (Fsp3) is 0.391. The van der Waals surface area contributed by atoms with E-state index in [4.69, 9.17) is 4.74 Å². The molecular weight excluding hydrogens is 413 g/mol. The molecule has 32 heavy (non-hydrogen) atoms. The number of nitrogens with one attached hydrogen (secondary N) is 1. The van der Waals surface area contributed by atoms with Crippen LogP contribution in [0.3, 0.4) is 0 Å². The maximum Gasteiger partial charge on any atom is 0.224 e. The fourth-order valence-electron chi connectivity index (χ4n) is 3.93. The van der Waals surface area contributed by atoms with Crippen molar-refractivity contribution >= 4 is 5.91 Å². The average Bonchev–Trinajstić information content (AvgIpc) is 3.28. The van der Waals surface area contributed by atoms with Crippen LogP contribution < -0.4 is 5.32 Å². The van der Waals surface area contributed by atoms with Crippen molar-refractivity contribution in [3.05, 3.63) is 66.4 Å². The van der Waals surface area contributed by atoms with Gasteiger partial charge in [0.1, 0.15) is 17.6 Å². The summed E-state index contributed by atoms with van der Waals surface area (Å²) in [6.07, 6.45) is 6.89. The SMILES string of the molecule is O=C(Cc1cccnc1)N[C@H]1CC[C@H](CCn2cc(-c3ccccc3F)nn2)O[C@H]1CO. The van der Waals surface area contributed by atoms with E-state index in [9.17, 15) is 14.3 Å². The Hall–Kier alpha value is -3.17. The van der Waals surface area contributed by atoms with Gasteiger partial charge in [0, 0.05) is 24.5 Å². The van der Waals surface area contributed by atoms with Gasteiger partial charge in [-0.05, 0) is 43.0 Å². The van der Waals surface area contributed by atoms with Gasteiger partial charge in [0.2, 0.25) is 5.91 Å². The second-order valence-corrected chi connectivity index (χ2v) is 7.90. The Balaban J connectivity index is 1.27. The molecule has 1 saturated heterocycles. The Labute approximate surface area is 185 Å². The molecule has 2 N–H and O–H groups in total. The maximum atomic E-state index is 13.9. The first-order valence-corrected chi connectivity index (χ1v) is 10.7. The smallest absolute Gasteiger partial charge is 0.224 e. The number of amides is 1. The number of hydrogen-bond acceptors (Lipinski definition) is 6. The summed E-state index contributed by atoms with van der Waals surface area (Å²) in [6.45, 7) is 0.386. The summed E-state index contributed by atoms with van der Waals surface area (Å²) < 4.78 is 21.6. The topological polar surface area (TPSA) is 102 Å². The van der Waals surface area contributed by atoms with Crippen LogP contribution >= 0.6 is 0 Å². The molecule has 2 aromatic heterocycles. The van der Waals surface area contributed by atoms with Crippen molar-refractivity contribution in [2.24, 2.45) is 0 Å². The van der Waals surface area contributed by atoms with Crippen molar-refractivity contribution in [2.75, 3.05) is 6.61 Å². The van der Waals surface area contributed by atoms with Crippen molar-refractivity contribution < 1.29 is 19.0 Å².